The molecule has 2 saturated carbocycles. The van der Waals surface area contributed by atoms with Crippen molar-refractivity contribution in [2.24, 2.45) is 5.92 Å². The second-order valence-corrected chi connectivity index (χ2v) is 10.7. The third-order valence-electron chi connectivity index (χ3n) is 8.60. The lowest BCUT2D eigenvalue weighted by molar-refractivity contribution is -0.116. The van der Waals surface area contributed by atoms with Gasteiger partial charge in [-0.25, -0.2) is 4.79 Å². The van der Waals surface area contributed by atoms with E-state index in [0.717, 1.165) is 32.2 Å². The molecule has 8 nitrogen and oxygen atoms in total. The van der Waals surface area contributed by atoms with Crippen LogP contribution in [0.5, 0.6) is 0 Å². The Kier molecular flexibility index (Phi) is 6.49. The molecule has 2 aromatic rings. The first-order valence-corrected chi connectivity index (χ1v) is 12.8. The second kappa shape index (κ2) is 9.57. The molecule has 5 rings (SSSR count). The summed E-state index contributed by atoms with van der Waals surface area (Å²) >= 11 is 0. The molecular formula is C27H36N6O2. The number of nitrogens with zero attached hydrogens (tertiary/aromatic N) is 5. The van der Waals surface area contributed by atoms with Crippen LogP contribution >= 0.6 is 0 Å². The number of hydrogen-bond donors (Lipinski definition) is 1. The molecule has 1 saturated heterocycles. The van der Waals surface area contributed by atoms with Gasteiger partial charge in [-0.05, 0) is 70.2 Å². The third kappa shape index (κ3) is 4.51. The number of urea groups is 1. The van der Waals surface area contributed by atoms with E-state index in [-0.39, 0.29) is 29.6 Å². The minimum absolute atomic E-state index is 0.0111. The van der Waals surface area contributed by atoms with E-state index in [1.165, 1.54) is 37.2 Å². The van der Waals surface area contributed by atoms with E-state index in [2.05, 4.69) is 69.7 Å². The van der Waals surface area contributed by atoms with Gasteiger partial charge in [-0.3, -0.25) is 9.69 Å². The molecule has 1 aromatic carbocycles. The smallest absolute Gasteiger partial charge is 0.321 e. The van der Waals surface area contributed by atoms with Gasteiger partial charge in [-0.1, -0.05) is 36.8 Å². The monoisotopic (exact) mass is 476 g/mol. The van der Waals surface area contributed by atoms with Crippen LogP contribution in [0.1, 0.15) is 50.5 Å². The van der Waals surface area contributed by atoms with E-state index in [9.17, 15) is 9.59 Å². The van der Waals surface area contributed by atoms with Gasteiger partial charge in [0.2, 0.25) is 5.91 Å². The molecule has 3 fully saturated rings. The van der Waals surface area contributed by atoms with Crippen molar-refractivity contribution < 1.29 is 9.59 Å². The van der Waals surface area contributed by atoms with Gasteiger partial charge in [-0.15, -0.1) is 0 Å². The third-order valence-corrected chi connectivity index (χ3v) is 8.60. The van der Waals surface area contributed by atoms with Crippen LogP contribution in [0.4, 0.5) is 10.5 Å². The summed E-state index contributed by atoms with van der Waals surface area (Å²) in [4.78, 5) is 32.7. The van der Waals surface area contributed by atoms with Crippen LogP contribution in [-0.2, 0) is 10.3 Å². The molecule has 0 radical (unpaired) electrons. The number of benzene rings is 1. The van der Waals surface area contributed by atoms with Crippen molar-refractivity contribution in [3.8, 4) is 0 Å². The number of carbonyl (C=O) groups excluding carboxylic acids is 2. The van der Waals surface area contributed by atoms with Crippen molar-refractivity contribution >= 4 is 17.6 Å². The molecule has 186 valence electrons. The lowest BCUT2D eigenvalue weighted by atomic mass is 9.68. The summed E-state index contributed by atoms with van der Waals surface area (Å²) in [6.07, 6.45) is 10.5. The zero-order valence-corrected chi connectivity index (χ0v) is 20.8. The van der Waals surface area contributed by atoms with E-state index in [4.69, 9.17) is 0 Å². The Balaban J connectivity index is 1.34. The molecule has 1 N–H and O–H groups in total. The second-order valence-electron chi connectivity index (χ2n) is 10.7. The molecule has 0 bridgehead atoms. The van der Waals surface area contributed by atoms with Gasteiger partial charge in [-0.2, -0.15) is 10.2 Å². The fraction of sp³-hybridized carbons (Fsp3) is 0.556. The van der Waals surface area contributed by atoms with Crippen LogP contribution in [-0.4, -0.2) is 76.1 Å². The molecule has 1 aliphatic heterocycles. The highest BCUT2D eigenvalue weighted by molar-refractivity contribution is 5.94. The van der Waals surface area contributed by atoms with Crippen molar-refractivity contribution in [3.63, 3.8) is 0 Å². The van der Waals surface area contributed by atoms with Gasteiger partial charge in [0.25, 0.3) is 0 Å². The molecular weight excluding hydrogens is 440 g/mol. The lowest BCUT2D eigenvalue weighted by Gasteiger charge is -2.51. The molecule has 35 heavy (non-hydrogen) atoms. The predicted molar refractivity (Wildman–Crippen MR) is 135 cm³/mol. The SMILES string of the molecule is CN(C)[C@]1(c2ccccc2)CC[C@@]2(CC1)CN(CC(=O)Nc1ccnnc1)C(=O)N2CC1CCC1. The van der Waals surface area contributed by atoms with Crippen molar-refractivity contribution in [2.75, 3.05) is 39.0 Å². The number of amides is 3. The van der Waals surface area contributed by atoms with Gasteiger partial charge in [0.15, 0.2) is 0 Å². The first-order chi connectivity index (χ1) is 16.9. The van der Waals surface area contributed by atoms with Crippen LogP contribution in [0.25, 0.3) is 0 Å². The summed E-state index contributed by atoms with van der Waals surface area (Å²) in [6.45, 7) is 1.48. The number of hydrogen-bond acceptors (Lipinski definition) is 5. The maximum Gasteiger partial charge on any atom is 0.321 e. The Morgan fingerprint density at radius 2 is 1.83 bits per heavy atom. The fourth-order valence-corrected chi connectivity index (χ4v) is 6.25. The van der Waals surface area contributed by atoms with Crippen molar-refractivity contribution in [2.45, 2.75) is 56.0 Å². The van der Waals surface area contributed by atoms with Crippen molar-refractivity contribution in [1.82, 2.24) is 24.9 Å². The molecule has 1 spiro atoms. The van der Waals surface area contributed by atoms with Crippen LogP contribution in [0.15, 0.2) is 48.8 Å². The topological polar surface area (TPSA) is 81.7 Å². The van der Waals surface area contributed by atoms with E-state index in [1.54, 1.807) is 11.0 Å². The minimum Gasteiger partial charge on any atom is -0.323 e. The molecule has 1 aromatic heterocycles. The zero-order chi connectivity index (χ0) is 24.5. The number of aromatic nitrogens is 2. The van der Waals surface area contributed by atoms with E-state index < -0.39 is 0 Å². The highest BCUT2D eigenvalue weighted by atomic mass is 16.2. The molecule has 0 atom stereocenters. The molecule has 3 amide bonds. The average molecular weight is 477 g/mol. The summed E-state index contributed by atoms with van der Waals surface area (Å²) in [6, 6.07) is 12.5. The van der Waals surface area contributed by atoms with E-state index in [1.807, 2.05) is 0 Å². The summed E-state index contributed by atoms with van der Waals surface area (Å²) in [5.74, 6) is 0.386. The van der Waals surface area contributed by atoms with Crippen molar-refractivity contribution in [3.05, 3.63) is 54.4 Å². The minimum atomic E-state index is -0.209. The first-order valence-electron chi connectivity index (χ1n) is 12.8. The number of anilines is 1. The lowest BCUT2D eigenvalue weighted by Crippen LogP contribution is -2.56. The average Bonchev–Trinajstić information content (AvgIpc) is 3.08. The largest absolute Gasteiger partial charge is 0.323 e. The predicted octanol–water partition coefficient (Wildman–Crippen LogP) is 3.72. The maximum absolute atomic E-state index is 13.6. The Morgan fingerprint density at radius 1 is 1.09 bits per heavy atom. The summed E-state index contributed by atoms with van der Waals surface area (Å²) in [5.41, 5.74) is 1.70. The van der Waals surface area contributed by atoms with Gasteiger partial charge in [0.1, 0.15) is 6.54 Å². The van der Waals surface area contributed by atoms with Crippen LogP contribution in [0.2, 0.25) is 0 Å². The summed E-state index contributed by atoms with van der Waals surface area (Å²) in [7, 11) is 4.34. The van der Waals surface area contributed by atoms with Crippen LogP contribution in [0, 0.1) is 5.92 Å². The van der Waals surface area contributed by atoms with Crippen LogP contribution < -0.4 is 5.32 Å². The quantitative estimate of drug-likeness (QED) is 0.659. The molecule has 2 heterocycles. The zero-order valence-electron chi connectivity index (χ0n) is 20.8. The standard InChI is InChI=1S/C27H36N6O2/c1-31(2)27(22-9-4-3-5-10-22)14-12-26(13-15-27)20-32(25(35)33(26)18-21-7-6-8-21)19-24(34)30-23-11-16-28-29-17-23/h3-5,9-11,16-17,21H,6-8,12-15,18-20H2,1-2H3,(H,28,30,34)/t26-,27-. The molecule has 3 aliphatic rings. The number of rotatable bonds is 7. The maximum atomic E-state index is 13.6. The fourth-order valence-electron chi connectivity index (χ4n) is 6.25. The normalized spacial score (nSPS) is 26.9. The summed E-state index contributed by atoms with van der Waals surface area (Å²) in [5, 5.41) is 10.4. The highest BCUT2D eigenvalue weighted by Crippen LogP contribution is 2.49. The van der Waals surface area contributed by atoms with Gasteiger partial charge >= 0.3 is 6.03 Å². The van der Waals surface area contributed by atoms with E-state index >= 15 is 0 Å². The number of carbonyl (C=O) groups is 2. The number of nitrogens with one attached hydrogen (secondary N) is 1. The molecule has 8 heteroatoms. The van der Waals surface area contributed by atoms with Gasteiger partial charge in [0, 0.05) is 18.6 Å². The van der Waals surface area contributed by atoms with Gasteiger partial charge < -0.3 is 15.1 Å². The Morgan fingerprint density at radius 3 is 2.43 bits per heavy atom. The Bertz CT molecular complexity index is 1030. The summed E-state index contributed by atoms with van der Waals surface area (Å²) < 4.78 is 0. The van der Waals surface area contributed by atoms with Crippen LogP contribution in [0.3, 0.4) is 0 Å². The first kappa shape index (κ1) is 23.7. The molecule has 2 aliphatic carbocycles. The van der Waals surface area contributed by atoms with Crippen molar-refractivity contribution in [1.29, 1.82) is 0 Å². The Labute approximate surface area is 207 Å². The van der Waals surface area contributed by atoms with Gasteiger partial charge in [0.05, 0.1) is 23.6 Å². The molecule has 0 unspecified atom stereocenters. The Hall–Kier alpha value is -3.00. The highest BCUT2D eigenvalue weighted by Gasteiger charge is 2.55. The van der Waals surface area contributed by atoms with E-state index in [0.29, 0.717) is 18.2 Å².